The van der Waals surface area contributed by atoms with E-state index in [-0.39, 0.29) is 17.6 Å². The van der Waals surface area contributed by atoms with E-state index in [1.807, 2.05) is 30.3 Å². The summed E-state index contributed by atoms with van der Waals surface area (Å²) >= 11 is 1.32. The number of benzene rings is 2. The molecule has 0 bridgehead atoms. The largest absolute Gasteiger partial charge is 0.352 e. The number of hydrogen-bond acceptors (Lipinski definition) is 3. The zero-order valence-corrected chi connectivity index (χ0v) is 14.1. The normalized spacial score (nSPS) is 17.6. The highest BCUT2D eigenvalue weighted by Crippen LogP contribution is 2.31. The van der Waals surface area contributed by atoms with E-state index >= 15 is 0 Å². The van der Waals surface area contributed by atoms with Crippen molar-refractivity contribution >= 4 is 33.2 Å². The van der Waals surface area contributed by atoms with Crippen LogP contribution in [0.25, 0.3) is 10.1 Å². The third-order valence-electron chi connectivity index (χ3n) is 4.28. The molecular formula is C19H15FN2O2S. The van der Waals surface area contributed by atoms with Crippen molar-refractivity contribution in [3.63, 3.8) is 0 Å². The molecule has 2 aromatic carbocycles. The Morgan fingerprint density at radius 1 is 1.16 bits per heavy atom. The Morgan fingerprint density at radius 2 is 1.96 bits per heavy atom. The molecule has 2 amide bonds. The van der Waals surface area contributed by atoms with Gasteiger partial charge in [0.1, 0.15) is 11.9 Å². The molecule has 1 atom stereocenters. The summed E-state index contributed by atoms with van der Waals surface area (Å²) in [6, 6.07) is 14.8. The topological polar surface area (TPSA) is 49.4 Å². The highest BCUT2D eigenvalue weighted by atomic mass is 32.1. The molecule has 2 heterocycles. The second kappa shape index (κ2) is 6.29. The van der Waals surface area contributed by atoms with E-state index in [2.05, 4.69) is 5.32 Å². The maximum Gasteiger partial charge on any atom is 0.264 e. The molecule has 0 spiro atoms. The fourth-order valence-corrected chi connectivity index (χ4v) is 4.11. The van der Waals surface area contributed by atoms with Crippen LogP contribution in [0.1, 0.15) is 21.3 Å². The average molecular weight is 354 g/mol. The Balaban J connectivity index is 1.72. The summed E-state index contributed by atoms with van der Waals surface area (Å²) in [5, 5.41) is 3.52. The number of hydrogen-bond donors (Lipinski definition) is 1. The molecule has 25 heavy (non-hydrogen) atoms. The van der Waals surface area contributed by atoms with Crippen molar-refractivity contribution in [3.8, 4) is 0 Å². The number of nitrogens with one attached hydrogen (secondary N) is 1. The van der Waals surface area contributed by atoms with Gasteiger partial charge in [-0.05, 0) is 35.2 Å². The first-order chi connectivity index (χ1) is 12.1. The van der Waals surface area contributed by atoms with Gasteiger partial charge in [-0.3, -0.25) is 9.59 Å². The van der Waals surface area contributed by atoms with Gasteiger partial charge in [-0.25, -0.2) is 4.39 Å². The molecule has 126 valence electrons. The summed E-state index contributed by atoms with van der Waals surface area (Å²) < 4.78 is 14.2. The number of thiophene rings is 1. The van der Waals surface area contributed by atoms with Crippen LogP contribution in [-0.2, 0) is 4.79 Å². The molecule has 4 rings (SSSR count). The standard InChI is InChI=1S/C19H15FN2O2S/c20-14-6-7-15-13(10-14)11-16(25-15)19(24)22-9-8-21-18(23)17(22)12-4-2-1-3-5-12/h1-7,10-11,17H,8-9H2,(H,21,23)/t17-/m0/s1. The molecule has 4 nitrogen and oxygen atoms in total. The van der Waals surface area contributed by atoms with Gasteiger partial charge >= 0.3 is 0 Å². The van der Waals surface area contributed by atoms with Crippen LogP contribution in [-0.4, -0.2) is 29.8 Å². The molecule has 1 N–H and O–H groups in total. The second-order valence-corrected chi connectivity index (χ2v) is 6.98. The Labute approximate surface area is 147 Å². The molecule has 0 radical (unpaired) electrons. The zero-order chi connectivity index (χ0) is 17.4. The minimum atomic E-state index is -0.649. The predicted molar refractivity (Wildman–Crippen MR) is 95.0 cm³/mol. The smallest absolute Gasteiger partial charge is 0.264 e. The predicted octanol–water partition coefficient (Wildman–Crippen LogP) is 3.35. The van der Waals surface area contributed by atoms with E-state index in [0.29, 0.717) is 23.4 Å². The lowest BCUT2D eigenvalue weighted by molar-refractivity contribution is -0.128. The second-order valence-electron chi connectivity index (χ2n) is 5.90. The molecule has 1 fully saturated rings. The van der Waals surface area contributed by atoms with E-state index in [1.165, 1.54) is 23.5 Å². The summed E-state index contributed by atoms with van der Waals surface area (Å²) in [5.41, 5.74) is 0.778. The van der Waals surface area contributed by atoms with E-state index in [1.54, 1.807) is 17.0 Å². The molecule has 1 aliphatic heterocycles. The minimum Gasteiger partial charge on any atom is -0.352 e. The van der Waals surface area contributed by atoms with Crippen LogP contribution in [0.2, 0.25) is 0 Å². The lowest BCUT2D eigenvalue weighted by Crippen LogP contribution is -2.52. The minimum absolute atomic E-state index is 0.182. The molecule has 3 aromatic rings. The first kappa shape index (κ1) is 15.8. The maximum absolute atomic E-state index is 13.4. The molecule has 0 aliphatic carbocycles. The highest BCUT2D eigenvalue weighted by Gasteiger charge is 2.35. The zero-order valence-electron chi connectivity index (χ0n) is 13.2. The lowest BCUT2D eigenvalue weighted by Gasteiger charge is -2.35. The van der Waals surface area contributed by atoms with Gasteiger partial charge in [-0.15, -0.1) is 11.3 Å². The van der Waals surface area contributed by atoms with Gasteiger partial charge in [0.15, 0.2) is 0 Å². The molecule has 6 heteroatoms. The van der Waals surface area contributed by atoms with Crippen LogP contribution in [0.3, 0.4) is 0 Å². The Kier molecular flexibility index (Phi) is 3.97. The van der Waals surface area contributed by atoms with Crippen LogP contribution in [0, 0.1) is 5.82 Å². The molecular weight excluding hydrogens is 339 g/mol. The summed E-state index contributed by atoms with van der Waals surface area (Å²) in [6.07, 6.45) is 0. The summed E-state index contributed by atoms with van der Waals surface area (Å²) in [4.78, 5) is 27.6. The average Bonchev–Trinajstić information content (AvgIpc) is 3.04. The van der Waals surface area contributed by atoms with Crippen molar-refractivity contribution in [3.05, 3.63) is 70.9 Å². The van der Waals surface area contributed by atoms with Gasteiger partial charge in [0.2, 0.25) is 5.91 Å². The van der Waals surface area contributed by atoms with Gasteiger partial charge in [0, 0.05) is 17.8 Å². The monoisotopic (exact) mass is 354 g/mol. The van der Waals surface area contributed by atoms with E-state index in [0.717, 1.165) is 10.3 Å². The van der Waals surface area contributed by atoms with Crippen molar-refractivity contribution < 1.29 is 14.0 Å². The number of nitrogens with zero attached hydrogens (tertiary/aromatic N) is 1. The number of carbonyl (C=O) groups is 2. The fourth-order valence-electron chi connectivity index (χ4n) is 3.11. The molecule has 1 saturated heterocycles. The number of piperazine rings is 1. The van der Waals surface area contributed by atoms with Crippen LogP contribution in [0.5, 0.6) is 0 Å². The summed E-state index contributed by atoms with van der Waals surface area (Å²) in [5.74, 6) is -0.716. The lowest BCUT2D eigenvalue weighted by atomic mass is 10.0. The molecule has 1 aromatic heterocycles. The van der Waals surface area contributed by atoms with Gasteiger partial charge in [0.25, 0.3) is 5.91 Å². The first-order valence-electron chi connectivity index (χ1n) is 7.96. The number of carbonyl (C=O) groups excluding carboxylic acids is 2. The first-order valence-corrected chi connectivity index (χ1v) is 8.78. The molecule has 0 unspecified atom stereocenters. The van der Waals surface area contributed by atoms with Gasteiger partial charge in [0.05, 0.1) is 4.88 Å². The van der Waals surface area contributed by atoms with Crippen LogP contribution in [0.4, 0.5) is 4.39 Å². The van der Waals surface area contributed by atoms with Crippen LogP contribution in [0.15, 0.2) is 54.6 Å². The van der Waals surface area contributed by atoms with Crippen LogP contribution < -0.4 is 5.32 Å². The number of fused-ring (bicyclic) bond motifs is 1. The van der Waals surface area contributed by atoms with Crippen molar-refractivity contribution in [2.75, 3.05) is 13.1 Å². The molecule has 1 aliphatic rings. The van der Waals surface area contributed by atoms with E-state index in [4.69, 9.17) is 0 Å². The number of rotatable bonds is 2. The van der Waals surface area contributed by atoms with Gasteiger partial charge < -0.3 is 10.2 Å². The van der Waals surface area contributed by atoms with Crippen molar-refractivity contribution in [2.24, 2.45) is 0 Å². The van der Waals surface area contributed by atoms with Crippen LogP contribution >= 0.6 is 11.3 Å². The van der Waals surface area contributed by atoms with E-state index < -0.39 is 6.04 Å². The third kappa shape index (κ3) is 2.89. The Hall–Kier alpha value is -2.73. The van der Waals surface area contributed by atoms with Crippen molar-refractivity contribution in [1.82, 2.24) is 10.2 Å². The maximum atomic E-state index is 13.4. The number of amides is 2. The highest BCUT2D eigenvalue weighted by molar-refractivity contribution is 7.20. The molecule has 0 saturated carbocycles. The summed E-state index contributed by atoms with van der Waals surface area (Å²) in [7, 11) is 0. The van der Waals surface area contributed by atoms with E-state index in [9.17, 15) is 14.0 Å². The third-order valence-corrected chi connectivity index (χ3v) is 5.38. The SMILES string of the molecule is O=C1NCCN(C(=O)c2cc3cc(F)ccc3s2)[C@H]1c1ccccc1. The Bertz CT molecular complexity index is 954. The number of halogens is 1. The van der Waals surface area contributed by atoms with Gasteiger partial charge in [-0.2, -0.15) is 0 Å². The quantitative estimate of drug-likeness (QED) is 0.767. The summed E-state index contributed by atoms with van der Waals surface area (Å²) in [6.45, 7) is 0.861. The van der Waals surface area contributed by atoms with Crippen molar-refractivity contribution in [1.29, 1.82) is 0 Å². The Morgan fingerprint density at radius 3 is 2.76 bits per heavy atom. The fraction of sp³-hybridized carbons (Fsp3) is 0.158. The van der Waals surface area contributed by atoms with Crippen molar-refractivity contribution in [2.45, 2.75) is 6.04 Å². The van der Waals surface area contributed by atoms with Gasteiger partial charge in [-0.1, -0.05) is 30.3 Å².